The van der Waals surface area contributed by atoms with Crippen LogP contribution in [-0.4, -0.2) is 52.0 Å². The summed E-state index contributed by atoms with van der Waals surface area (Å²) in [6, 6.07) is 14.1. The van der Waals surface area contributed by atoms with Gasteiger partial charge >= 0.3 is 6.03 Å². The van der Waals surface area contributed by atoms with Crippen molar-refractivity contribution in [3.05, 3.63) is 64.7 Å². The van der Waals surface area contributed by atoms with Crippen LogP contribution < -0.4 is 5.32 Å². The lowest BCUT2D eigenvalue weighted by Crippen LogP contribution is -2.54. The highest BCUT2D eigenvalue weighted by atomic mass is 32.2. The van der Waals surface area contributed by atoms with E-state index in [-0.39, 0.29) is 22.2 Å². The Labute approximate surface area is 201 Å². The molecule has 2 aromatic carbocycles. The zero-order valence-corrected chi connectivity index (χ0v) is 21.2. The Morgan fingerprint density at radius 1 is 0.939 bits per heavy atom. The molecule has 0 radical (unpaired) electrons. The number of piperidine rings is 1. The van der Waals surface area contributed by atoms with Gasteiger partial charge in [-0.2, -0.15) is 0 Å². The van der Waals surface area contributed by atoms with Gasteiger partial charge in [0.05, 0.1) is 4.87 Å². The highest BCUT2D eigenvalue weighted by Crippen LogP contribution is 2.44. The van der Waals surface area contributed by atoms with Crippen LogP contribution in [0.25, 0.3) is 0 Å². The van der Waals surface area contributed by atoms with E-state index >= 15 is 0 Å². The molecule has 2 saturated heterocycles. The molecular formula is C27H35N3O2S. The number of amides is 3. The van der Waals surface area contributed by atoms with Gasteiger partial charge in [-0.3, -0.25) is 4.79 Å². The summed E-state index contributed by atoms with van der Waals surface area (Å²) in [6.07, 6.45) is 1.59. The molecule has 0 atom stereocenters. The molecular weight excluding hydrogens is 430 g/mol. The van der Waals surface area contributed by atoms with Gasteiger partial charge in [-0.25, -0.2) is 4.79 Å². The number of likely N-dealkylation sites (tertiary alicyclic amines) is 1. The fraction of sp³-hybridized carbons (Fsp3) is 0.481. The van der Waals surface area contributed by atoms with E-state index in [0.717, 1.165) is 47.5 Å². The molecule has 1 spiro atoms. The Morgan fingerprint density at radius 3 is 2.12 bits per heavy atom. The molecule has 176 valence electrons. The van der Waals surface area contributed by atoms with Gasteiger partial charge in [0.1, 0.15) is 0 Å². The van der Waals surface area contributed by atoms with Crippen molar-refractivity contribution < 1.29 is 9.59 Å². The lowest BCUT2D eigenvalue weighted by Gasteiger charge is -2.44. The van der Waals surface area contributed by atoms with E-state index in [1.54, 1.807) is 0 Å². The molecule has 4 rings (SSSR count). The number of para-hydroxylation sites is 1. The molecule has 0 aromatic heterocycles. The highest BCUT2D eigenvalue weighted by molar-refractivity contribution is 8.00. The minimum atomic E-state index is -0.213. The Kier molecular flexibility index (Phi) is 6.50. The maximum Gasteiger partial charge on any atom is 0.321 e. The van der Waals surface area contributed by atoms with Gasteiger partial charge < -0.3 is 15.1 Å². The fourth-order valence-corrected chi connectivity index (χ4v) is 6.29. The lowest BCUT2D eigenvalue weighted by molar-refractivity contribution is 0.0585. The number of hydrogen-bond donors (Lipinski definition) is 1. The van der Waals surface area contributed by atoms with E-state index in [2.05, 4.69) is 43.1 Å². The van der Waals surface area contributed by atoms with Crippen molar-refractivity contribution in [2.24, 2.45) is 0 Å². The maximum absolute atomic E-state index is 13.4. The van der Waals surface area contributed by atoms with Crippen LogP contribution in [0.5, 0.6) is 0 Å². The first-order valence-electron chi connectivity index (χ1n) is 11.8. The molecule has 6 heteroatoms. The van der Waals surface area contributed by atoms with Gasteiger partial charge in [-0.1, -0.05) is 51.1 Å². The van der Waals surface area contributed by atoms with Crippen LogP contribution in [0, 0.1) is 13.8 Å². The SMILES string of the molecule is Cc1cccc(C)c1NC(=O)N1CCC2(CC1)SCCN2C(=O)c1ccc(C(C)(C)C)cc1. The predicted molar refractivity (Wildman–Crippen MR) is 137 cm³/mol. The van der Waals surface area contributed by atoms with Crippen LogP contribution in [0.3, 0.4) is 0 Å². The monoisotopic (exact) mass is 465 g/mol. The van der Waals surface area contributed by atoms with Crippen molar-refractivity contribution in [2.45, 2.75) is 57.7 Å². The number of nitrogens with one attached hydrogen (secondary N) is 1. The predicted octanol–water partition coefficient (Wildman–Crippen LogP) is 5.81. The van der Waals surface area contributed by atoms with Gasteiger partial charge in [0, 0.05) is 36.6 Å². The number of anilines is 1. The van der Waals surface area contributed by atoms with Crippen LogP contribution in [0.15, 0.2) is 42.5 Å². The Balaban J connectivity index is 1.42. The first kappa shape index (κ1) is 23.7. The van der Waals surface area contributed by atoms with Crippen LogP contribution in [0.4, 0.5) is 10.5 Å². The molecule has 1 N–H and O–H groups in total. The second-order valence-electron chi connectivity index (χ2n) is 10.3. The lowest BCUT2D eigenvalue weighted by atomic mass is 9.86. The quantitative estimate of drug-likeness (QED) is 0.609. The highest BCUT2D eigenvalue weighted by Gasteiger charge is 2.47. The molecule has 0 unspecified atom stereocenters. The average Bonchev–Trinajstić information content (AvgIpc) is 3.18. The summed E-state index contributed by atoms with van der Waals surface area (Å²) in [5, 5.41) is 3.10. The van der Waals surface area contributed by atoms with E-state index in [0.29, 0.717) is 13.1 Å². The third-order valence-corrected chi connectivity index (χ3v) is 8.52. The van der Waals surface area contributed by atoms with Crippen molar-refractivity contribution in [3.8, 4) is 0 Å². The van der Waals surface area contributed by atoms with Gasteiger partial charge in [-0.15, -0.1) is 11.8 Å². The second-order valence-corrected chi connectivity index (χ2v) is 11.7. The molecule has 2 aromatic rings. The molecule has 0 bridgehead atoms. The normalized spacial score (nSPS) is 18.0. The Morgan fingerprint density at radius 2 is 1.55 bits per heavy atom. The first-order chi connectivity index (χ1) is 15.6. The molecule has 0 saturated carbocycles. The molecule has 2 heterocycles. The summed E-state index contributed by atoms with van der Waals surface area (Å²) >= 11 is 1.87. The van der Waals surface area contributed by atoms with Crippen LogP contribution >= 0.6 is 11.8 Å². The smallest absolute Gasteiger partial charge is 0.321 e. The summed E-state index contributed by atoms with van der Waals surface area (Å²) in [5.74, 6) is 1.05. The van der Waals surface area contributed by atoms with Crippen molar-refractivity contribution >= 4 is 29.4 Å². The van der Waals surface area contributed by atoms with Gasteiger partial charge in [0.2, 0.25) is 0 Å². The van der Waals surface area contributed by atoms with Gasteiger partial charge in [0.15, 0.2) is 0 Å². The third-order valence-electron chi connectivity index (χ3n) is 6.97. The van der Waals surface area contributed by atoms with Crippen LogP contribution in [0.2, 0.25) is 0 Å². The standard InChI is InChI=1S/C27H35N3O2S/c1-19-7-6-8-20(2)23(19)28-25(32)29-15-13-27(14-16-29)30(17-18-33-27)24(31)21-9-11-22(12-10-21)26(3,4)5/h6-12H,13-18H2,1-5H3,(H,28,32). The van der Waals surface area contributed by atoms with Crippen molar-refractivity contribution in [3.63, 3.8) is 0 Å². The first-order valence-corrected chi connectivity index (χ1v) is 12.8. The summed E-state index contributed by atoms with van der Waals surface area (Å²) < 4.78 is 0. The molecule has 33 heavy (non-hydrogen) atoms. The van der Waals surface area contributed by atoms with Crippen molar-refractivity contribution in [1.29, 1.82) is 0 Å². The number of aryl methyl sites for hydroxylation is 2. The zero-order valence-electron chi connectivity index (χ0n) is 20.4. The number of rotatable bonds is 2. The molecule has 2 aliphatic rings. The van der Waals surface area contributed by atoms with E-state index in [4.69, 9.17) is 0 Å². The van der Waals surface area contributed by atoms with Crippen molar-refractivity contribution in [2.75, 3.05) is 30.7 Å². The van der Waals surface area contributed by atoms with Crippen LogP contribution in [0.1, 0.15) is 60.7 Å². The second kappa shape index (κ2) is 9.05. The summed E-state index contributed by atoms with van der Waals surface area (Å²) in [4.78, 5) is 30.1. The number of carbonyl (C=O) groups excluding carboxylic acids is 2. The van der Waals surface area contributed by atoms with E-state index in [9.17, 15) is 9.59 Å². The van der Waals surface area contributed by atoms with Crippen LogP contribution in [-0.2, 0) is 5.41 Å². The summed E-state index contributed by atoms with van der Waals surface area (Å²) in [6.45, 7) is 12.6. The number of carbonyl (C=O) groups is 2. The minimum Gasteiger partial charge on any atom is -0.324 e. The Hall–Kier alpha value is -2.47. The molecule has 3 amide bonds. The van der Waals surface area contributed by atoms with E-state index < -0.39 is 0 Å². The minimum absolute atomic E-state index is 0.0547. The van der Waals surface area contributed by atoms with E-state index in [1.165, 1.54) is 5.56 Å². The molecule has 0 aliphatic carbocycles. The fourth-order valence-electron chi connectivity index (χ4n) is 4.83. The molecule has 5 nitrogen and oxygen atoms in total. The number of nitrogens with zero attached hydrogens (tertiary/aromatic N) is 2. The third kappa shape index (κ3) is 4.77. The largest absolute Gasteiger partial charge is 0.324 e. The summed E-state index contributed by atoms with van der Waals surface area (Å²) in [5.41, 5.74) is 5.08. The van der Waals surface area contributed by atoms with Gasteiger partial charge in [-0.05, 0) is 60.9 Å². The topological polar surface area (TPSA) is 52.7 Å². The molecule has 2 fully saturated rings. The molecule has 2 aliphatic heterocycles. The number of urea groups is 1. The summed E-state index contributed by atoms with van der Waals surface area (Å²) in [7, 11) is 0. The van der Waals surface area contributed by atoms with Crippen molar-refractivity contribution in [1.82, 2.24) is 9.80 Å². The average molecular weight is 466 g/mol. The van der Waals surface area contributed by atoms with E-state index in [1.807, 2.05) is 60.8 Å². The number of benzene rings is 2. The maximum atomic E-state index is 13.4. The van der Waals surface area contributed by atoms with Gasteiger partial charge in [0.25, 0.3) is 5.91 Å². The Bertz CT molecular complexity index is 1010. The number of hydrogen-bond acceptors (Lipinski definition) is 3. The zero-order chi connectivity index (χ0) is 23.8. The number of thioether (sulfide) groups is 1.